The maximum absolute atomic E-state index is 12.7. The molecule has 4 aromatic rings. The monoisotopic (exact) mass is 461 g/mol. The minimum atomic E-state index is -0.376. The Kier molecular flexibility index (Phi) is 6.10. The Hall–Kier alpha value is -3.18. The molecule has 0 unspecified atom stereocenters. The smallest absolute Gasteiger partial charge is 0.345 e. The number of fused-ring (bicyclic) bond motifs is 1. The number of aryl methyl sites for hydroxylation is 2. The third-order valence-corrected chi connectivity index (χ3v) is 5.48. The summed E-state index contributed by atoms with van der Waals surface area (Å²) in [5, 5.41) is 0.933. The first-order chi connectivity index (χ1) is 14.6. The molecule has 1 heterocycles. The van der Waals surface area contributed by atoms with Crippen LogP contribution < -0.4 is 10.4 Å². The lowest BCUT2D eigenvalue weighted by molar-refractivity contribution is 0.414. The van der Waals surface area contributed by atoms with Gasteiger partial charge >= 0.3 is 5.63 Å². The first kappa shape index (κ1) is 20.1. The molecule has 0 saturated carbocycles. The number of para-hydroxylation sites is 1. The van der Waals surface area contributed by atoms with Gasteiger partial charge in [0.2, 0.25) is 0 Å². The molecule has 0 bridgehead atoms. The van der Waals surface area contributed by atoms with Crippen molar-refractivity contribution < 1.29 is 9.15 Å². The van der Waals surface area contributed by atoms with Crippen LogP contribution in [0.3, 0.4) is 0 Å². The van der Waals surface area contributed by atoms with E-state index < -0.39 is 0 Å². The molecule has 0 N–H and O–H groups in total. The Bertz CT molecular complexity index is 1240. The van der Waals surface area contributed by atoms with Crippen LogP contribution in [0.25, 0.3) is 11.0 Å². The van der Waals surface area contributed by atoms with Crippen LogP contribution in [0, 0.1) is 0 Å². The number of rotatable bonds is 6. The second kappa shape index (κ2) is 9.09. The molecule has 0 radical (unpaired) electrons. The van der Waals surface area contributed by atoms with Crippen molar-refractivity contribution in [2.24, 2.45) is 4.99 Å². The van der Waals surface area contributed by atoms with Crippen LogP contribution >= 0.6 is 15.9 Å². The molecule has 0 aliphatic rings. The van der Waals surface area contributed by atoms with Crippen molar-refractivity contribution in [1.29, 1.82) is 0 Å². The number of ether oxygens (including phenoxy) is 1. The Morgan fingerprint density at radius 2 is 1.70 bits per heavy atom. The van der Waals surface area contributed by atoms with Crippen LogP contribution in [0.2, 0.25) is 0 Å². The Balaban J connectivity index is 1.72. The minimum Gasteiger partial charge on any atom is -0.497 e. The summed E-state index contributed by atoms with van der Waals surface area (Å²) in [6.45, 7) is 0. The maximum Gasteiger partial charge on any atom is 0.345 e. The number of methoxy groups -OCH3 is 1. The molecule has 0 fully saturated rings. The third kappa shape index (κ3) is 4.52. The molecule has 4 rings (SSSR count). The molecule has 0 aliphatic heterocycles. The van der Waals surface area contributed by atoms with Crippen molar-refractivity contribution in [3.8, 4) is 5.75 Å². The Morgan fingerprint density at radius 3 is 2.43 bits per heavy atom. The van der Waals surface area contributed by atoms with Gasteiger partial charge in [0, 0.05) is 16.1 Å². The van der Waals surface area contributed by atoms with Crippen LogP contribution in [0.5, 0.6) is 5.75 Å². The fourth-order valence-corrected chi connectivity index (χ4v) is 3.62. The van der Waals surface area contributed by atoms with Gasteiger partial charge in [-0.2, -0.15) is 0 Å². The molecule has 0 spiro atoms. The minimum absolute atomic E-state index is 0.376. The van der Waals surface area contributed by atoms with E-state index >= 15 is 0 Å². The van der Waals surface area contributed by atoms with E-state index in [0.717, 1.165) is 33.3 Å². The first-order valence-electron chi connectivity index (χ1n) is 9.61. The van der Waals surface area contributed by atoms with Crippen LogP contribution in [-0.2, 0) is 12.8 Å². The molecule has 150 valence electrons. The first-order valence-corrected chi connectivity index (χ1v) is 10.4. The lowest BCUT2D eigenvalue weighted by Gasteiger charge is -2.10. The molecule has 0 saturated heterocycles. The van der Waals surface area contributed by atoms with Crippen molar-refractivity contribution in [1.82, 2.24) is 0 Å². The molecule has 1 aromatic heterocycles. The second-order valence-electron chi connectivity index (χ2n) is 6.86. The summed E-state index contributed by atoms with van der Waals surface area (Å²) in [5.41, 5.74) is 3.59. The zero-order chi connectivity index (χ0) is 20.9. The predicted octanol–water partition coefficient (Wildman–Crippen LogP) is 6.10. The van der Waals surface area contributed by atoms with Crippen molar-refractivity contribution in [2.45, 2.75) is 12.8 Å². The summed E-state index contributed by atoms with van der Waals surface area (Å²) in [6, 6.07) is 23.2. The number of halogens is 1. The van der Waals surface area contributed by atoms with Crippen LogP contribution in [0.15, 0.2) is 91.5 Å². The largest absolute Gasteiger partial charge is 0.497 e. The van der Waals surface area contributed by atoms with Gasteiger partial charge in [-0.3, -0.25) is 4.99 Å². The number of hydrogen-bond donors (Lipinski definition) is 0. The number of aliphatic imine (C=N–C) groups is 1. The third-order valence-electron chi connectivity index (χ3n) is 4.95. The fraction of sp³-hybridized carbons (Fsp3) is 0.120. The summed E-state index contributed by atoms with van der Waals surface area (Å²) in [6.07, 6.45) is 3.10. The molecule has 5 heteroatoms. The summed E-state index contributed by atoms with van der Waals surface area (Å²) < 4.78 is 11.8. The SMILES string of the molecule is COc1ccc(CCc2c(C=Nc3ccc(Br)cc3)c(=O)oc3ccccc23)cc1. The number of nitrogens with zero attached hydrogens (tertiary/aromatic N) is 1. The maximum atomic E-state index is 12.7. The highest BCUT2D eigenvalue weighted by molar-refractivity contribution is 9.10. The molecule has 0 amide bonds. The highest BCUT2D eigenvalue weighted by Crippen LogP contribution is 2.23. The van der Waals surface area contributed by atoms with E-state index in [4.69, 9.17) is 9.15 Å². The average Bonchev–Trinajstić information content (AvgIpc) is 2.78. The van der Waals surface area contributed by atoms with Gasteiger partial charge in [-0.1, -0.05) is 46.3 Å². The van der Waals surface area contributed by atoms with Gasteiger partial charge in [0.25, 0.3) is 0 Å². The van der Waals surface area contributed by atoms with Crippen molar-refractivity contribution in [3.63, 3.8) is 0 Å². The lowest BCUT2D eigenvalue weighted by atomic mass is 9.98. The zero-order valence-corrected chi connectivity index (χ0v) is 18.1. The lowest BCUT2D eigenvalue weighted by Crippen LogP contribution is -2.12. The molecule has 30 heavy (non-hydrogen) atoms. The van der Waals surface area contributed by atoms with Gasteiger partial charge in [0.15, 0.2) is 0 Å². The summed E-state index contributed by atoms with van der Waals surface area (Å²) in [5.74, 6) is 0.826. The van der Waals surface area contributed by atoms with Gasteiger partial charge < -0.3 is 9.15 Å². The van der Waals surface area contributed by atoms with Crippen molar-refractivity contribution >= 4 is 38.8 Å². The van der Waals surface area contributed by atoms with Crippen LogP contribution in [0.4, 0.5) is 5.69 Å². The highest BCUT2D eigenvalue weighted by Gasteiger charge is 2.13. The predicted molar refractivity (Wildman–Crippen MR) is 124 cm³/mol. The molecular weight excluding hydrogens is 442 g/mol. The molecule has 4 nitrogen and oxygen atoms in total. The average molecular weight is 462 g/mol. The van der Waals surface area contributed by atoms with E-state index in [1.54, 1.807) is 13.3 Å². The topological polar surface area (TPSA) is 51.8 Å². The highest BCUT2D eigenvalue weighted by atomic mass is 79.9. The second-order valence-corrected chi connectivity index (χ2v) is 7.78. The van der Waals surface area contributed by atoms with Crippen molar-refractivity contribution in [2.75, 3.05) is 7.11 Å². The van der Waals surface area contributed by atoms with Crippen molar-refractivity contribution in [3.05, 3.63) is 104 Å². The van der Waals surface area contributed by atoms with E-state index in [1.165, 1.54) is 5.56 Å². The van der Waals surface area contributed by atoms with E-state index in [2.05, 4.69) is 20.9 Å². The molecule has 3 aromatic carbocycles. The zero-order valence-electron chi connectivity index (χ0n) is 16.5. The number of benzene rings is 3. The van der Waals surface area contributed by atoms with E-state index in [0.29, 0.717) is 17.6 Å². The Labute approximate surface area is 183 Å². The summed E-state index contributed by atoms with van der Waals surface area (Å²) in [4.78, 5) is 17.2. The quantitative estimate of drug-likeness (QED) is 0.257. The van der Waals surface area contributed by atoms with E-state index in [9.17, 15) is 4.79 Å². The van der Waals surface area contributed by atoms with Crippen LogP contribution in [0.1, 0.15) is 16.7 Å². The van der Waals surface area contributed by atoms with Gasteiger partial charge in [0.1, 0.15) is 11.3 Å². The van der Waals surface area contributed by atoms with Gasteiger partial charge in [-0.25, -0.2) is 4.79 Å². The fourth-order valence-electron chi connectivity index (χ4n) is 3.36. The normalized spacial score (nSPS) is 11.3. The summed E-state index contributed by atoms with van der Waals surface area (Å²) in [7, 11) is 1.65. The van der Waals surface area contributed by atoms with Crippen LogP contribution in [-0.4, -0.2) is 13.3 Å². The molecule has 0 atom stereocenters. The van der Waals surface area contributed by atoms with Gasteiger partial charge in [-0.05, 0) is 66.4 Å². The van der Waals surface area contributed by atoms with E-state index in [-0.39, 0.29) is 5.63 Å². The van der Waals surface area contributed by atoms with Gasteiger partial charge in [0.05, 0.1) is 18.4 Å². The summed E-state index contributed by atoms with van der Waals surface area (Å²) >= 11 is 3.42. The van der Waals surface area contributed by atoms with E-state index in [1.807, 2.05) is 72.8 Å². The van der Waals surface area contributed by atoms with Gasteiger partial charge in [-0.15, -0.1) is 0 Å². The molecule has 0 aliphatic carbocycles. The standard InChI is InChI=1S/C25H20BrNO3/c1-29-20-13-6-17(7-14-20)8-15-21-22-4-2-3-5-24(22)30-25(28)23(21)16-27-19-11-9-18(26)10-12-19/h2-7,9-14,16H,8,15H2,1H3. The molecular formula is C25H20BrNO3. The Morgan fingerprint density at radius 1 is 0.967 bits per heavy atom. The number of hydrogen-bond acceptors (Lipinski definition) is 4.